The molecule has 1 aliphatic rings. The summed E-state index contributed by atoms with van der Waals surface area (Å²) in [5, 5.41) is 0. The molecule has 0 aromatic heterocycles. The average Bonchev–Trinajstić information content (AvgIpc) is 1.67. The molecular formula is C6H18Cl2O4Si4. The van der Waals surface area contributed by atoms with Crippen molar-refractivity contribution in [3.63, 3.8) is 0 Å². The van der Waals surface area contributed by atoms with E-state index < -0.39 is 32.9 Å². The van der Waals surface area contributed by atoms with Crippen molar-refractivity contribution in [2.24, 2.45) is 0 Å². The Morgan fingerprint density at radius 2 is 0.812 bits per heavy atom. The molecule has 0 atom stereocenters. The van der Waals surface area contributed by atoms with Gasteiger partial charge in [-0.05, 0) is 39.3 Å². The summed E-state index contributed by atoms with van der Waals surface area (Å²) in [6.07, 6.45) is 0. The van der Waals surface area contributed by atoms with Crippen molar-refractivity contribution >= 4 is 55.0 Å². The molecular weight excluding hydrogens is 319 g/mol. The Hall–Kier alpha value is 1.29. The van der Waals surface area contributed by atoms with Crippen LogP contribution >= 0.6 is 22.2 Å². The largest absolute Gasteiger partial charge is 0.533 e. The summed E-state index contributed by atoms with van der Waals surface area (Å²) in [4.78, 5) is 0. The summed E-state index contributed by atoms with van der Waals surface area (Å²) >= 11 is 12.2. The Kier molecular flexibility index (Phi) is 4.26. The molecule has 0 radical (unpaired) electrons. The first kappa shape index (κ1) is 15.3. The molecule has 0 aliphatic carbocycles. The molecule has 96 valence electrons. The Morgan fingerprint density at radius 1 is 0.562 bits per heavy atom. The Balaban J connectivity index is 2.98. The fourth-order valence-corrected chi connectivity index (χ4v) is 24.7. The lowest BCUT2D eigenvalue weighted by molar-refractivity contribution is 0.253. The second-order valence-corrected chi connectivity index (χ2v) is 21.2. The Labute approximate surface area is 111 Å². The van der Waals surface area contributed by atoms with Crippen LogP contribution in [0.2, 0.25) is 39.3 Å². The zero-order valence-corrected chi connectivity index (χ0v) is 15.9. The van der Waals surface area contributed by atoms with E-state index in [0.717, 1.165) is 0 Å². The van der Waals surface area contributed by atoms with Gasteiger partial charge in [0.05, 0.1) is 0 Å². The second-order valence-electron chi connectivity index (χ2n) is 5.07. The van der Waals surface area contributed by atoms with Crippen LogP contribution in [0.15, 0.2) is 0 Å². The van der Waals surface area contributed by atoms with E-state index in [2.05, 4.69) is 0 Å². The third-order valence-corrected chi connectivity index (χ3v) is 18.2. The molecule has 0 aromatic carbocycles. The van der Waals surface area contributed by atoms with Crippen molar-refractivity contribution in [2.75, 3.05) is 0 Å². The van der Waals surface area contributed by atoms with Crippen molar-refractivity contribution in [3.05, 3.63) is 0 Å². The maximum absolute atomic E-state index is 6.10. The van der Waals surface area contributed by atoms with Gasteiger partial charge < -0.3 is 16.5 Å². The SMILES string of the molecule is C[Si]1(C)O[Si](C)(C)O[Si](Cl)(Cl)O[Si](C)(C)O1. The van der Waals surface area contributed by atoms with E-state index in [1.807, 2.05) is 39.3 Å². The van der Waals surface area contributed by atoms with Gasteiger partial charge >= 0.3 is 32.9 Å². The first-order chi connectivity index (χ1) is 6.83. The van der Waals surface area contributed by atoms with Crippen molar-refractivity contribution < 1.29 is 16.5 Å². The Morgan fingerprint density at radius 3 is 1.12 bits per heavy atom. The highest BCUT2D eigenvalue weighted by molar-refractivity contribution is 7.41. The van der Waals surface area contributed by atoms with E-state index in [1.165, 1.54) is 0 Å². The van der Waals surface area contributed by atoms with Crippen LogP contribution in [0.5, 0.6) is 0 Å². The molecule has 1 fully saturated rings. The minimum absolute atomic E-state index is 1.90. The van der Waals surface area contributed by atoms with Gasteiger partial charge in [-0.15, -0.1) is 0 Å². The summed E-state index contributed by atoms with van der Waals surface area (Å²) < 4.78 is 23.4. The second kappa shape index (κ2) is 4.44. The molecule has 16 heavy (non-hydrogen) atoms. The fourth-order valence-electron chi connectivity index (χ4n) is 1.84. The highest BCUT2D eigenvalue weighted by Gasteiger charge is 2.54. The lowest BCUT2D eigenvalue weighted by Gasteiger charge is -2.44. The van der Waals surface area contributed by atoms with Gasteiger partial charge in [-0.25, -0.2) is 0 Å². The van der Waals surface area contributed by atoms with E-state index in [-0.39, 0.29) is 0 Å². The van der Waals surface area contributed by atoms with Gasteiger partial charge in [0.15, 0.2) is 0 Å². The summed E-state index contributed by atoms with van der Waals surface area (Å²) in [5.41, 5.74) is 0. The van der Waals surface area contributed by atoms with Crippen molar-refractivity contribution in [1.29, 1.82) is 0 Å². The molecule has 1 aliphatic heterocycles. The molecule has 4 nitrogen and oxygen atoms in total. The van der Waals surface area contributed by atoms with Crippen LogP contribution in [0.4, 0.5) is 0 Å². The van der Waals surface area contributed by atoms with E-state index >= 15 is 0 Å². The van der Waals surface area contributed by atoms with Gasteiger partial charge in [0, 0.05) is 0 Å². The quantitative estimate of drug-likeness (QED) is 0.503. The third-order valence-electron chi connectivity index (χ3n) is 1.71. The minimum Gasteiger partial charge on any atom is -0.416 e. The zero-order chi connectivity index (χ0) is 12.8. The standard InChI is InChI=1S/C6H18Cl2O4Si4/c1-13(2)9-14(3,4)11-16(7,8)12-15(5,6)10-13/h1-6H3. The first-order valence-corrected chi connectivity index (χ1v) is 17.3. The molecule has 1 rings (SSSR count). The highest BCUT2D eigenvalue weighted by atomic mass is 35.7. The van der Waals surface area contributed by atoms with Crippen LogP contribution in [0.25, 0.3) is 0 Å². The van der Waals surface area contributed by atoms with Crippen molar-refractivity contribution in [1.82, 2.24) is 0 Å². The predicted molar refractivity (Wildman–Crippen MR) is 74.2 cm³/mol. The van der Waals surface area contributed by atoms with Gasteiger partial charge in [0.25, 0.3) is 0 Å². The first-order valence-electron chi connectivity index (χ1n) is 5.01. The summed E-state index contributed by atoms with van der Waals surface area (Å²) in [6, 6.07) is 0. The molecule has 0 saturated carbocycles. The molecule has 0 bridgehead atoms. The fraction of sp³-hybridized carbons (Fsp3) is 1.00. The zero-order valence-electron chi connectivity index (χ0n) is 10.4. The van der Waals surface area contributed by atoms with Crippen molar-refractivity contribution in [2.45, 2.75) is 39.3 Å². The maximum Gasteiger partial charge on any atom is 0.533 e. The van der Waals surface area contributed by atoms with E-state index in [4.69, 9.17) is 38.6 Å². The van der Waals surface area contributed by atoms with Gasteiger partial charge in [-0.3, -0.25) is 0 Å². The van der Waals surface area contributed by atoms with Gasteiger partial charge in [-0.2, -0.15) is 0 Å². The van der Waals surface area contributed by atoms with Crippen LogP contribution in [0.3, 0.4) is 0 Å². The number of rotatable bonds is 0. The summed E-state index contributed by atoms with van der Waals surface area (Å²) in [6.45, 7) is 11.6. The van der Waals surface area contributed by atoms with Crippen LogP contribution in [0.1, 0.15) is 0 Å². The van der Waals surface area contributed by atoms with Crippen LogP contribution in [-0.2, 0) is 16.5 Å². The third kappa shape index (κ3) is 4.88. The van der Waals surface area contributed by atoms with E-state index in [1.54, 1.807) is 0 Å². The topological polar surface area (TPSA) is 36.9 Å². The smallest absolute Gasteiger partial charge is 0.416 e. The Bertz CT molecular complexity index is 212. The molecule has 1 heterocycles. The number of halogens is 2. The number of hydrogen-bond donors (Lipinski definition) is 0. The lowest BCUT2D eigenvalue weighted by Crippen LogP contribution is -2.62. The maximum atomic E-state index is 6.10. The van der Waals surface area contributed by atoms with Crippen LogP contribution in [0, 0.1) is 0 Å². The predicted octanol–water partition coefficient (Wildman–Crippen LogP) is 3.09. The molecule has 1 saturated heterocycles. The monoisotopic (exact) mass is 336 g/mol. The summed E-state index contributed by atoms with van der Waals surface area (Å²) in [7, 11) is -10.1. The van der Waals surface area contributed by atoms with Crippen molar-refractivity contribution in [3.8, 4) is 0 Å². The van der Waals surface area contributed by atoms with E-state index in [0.29, 0.717) is 0 Å². The minimum atomic E-state index is -3.17. The van der Waals surface area contributed by atoms with Crippen LogP contribution < -0.4 is 0 Å². The average molecular weight is 337 g/mol. The molecule has 0 unspecified atom stereocenters. The van der Waals surface area contributed by atoms with Crippen LogP contribution in [-0.4, -0.2) is 32.9 Å². The highest BCUT2D eigenvalue weighted by Crippen LogP contribution is 2.34. The molecule has 0 aromatic rings. The molecule has 0 amide bonds. The summed E-state index contributed by atoms with van der Waals surface area (Å²) in [5.74, 6) is 0. The molecule has 0 N–H and O–H groups in total. The van der Waals surface area contributed by atoms with E-state index in [9.17, 15) is 0 Å². The molecule has 0 spiro atoms. The van der Waals surface area contributed by atoms with Gasteiger partial charge in [-0.1, -0.05) is 22.2 Å². The van der Waals surface area contributed by atoms with Gasteiger partial charge in [0.2, 0.25) is 0 Å². The molecule has 10 heteroatoms. The lowest BCUT2D eigenvalue weighted by atomic mass is 11.9. The normalized spacial score (nSPS) is 31.5. The van der Waals surface area contributed by atoms with Gasteiger partial charge in [0.1, 0.15) is 0 Å². The number of hydrogen-bond acceptors (Lipinski definition) is 4.